The lowest BCUT2D eigenvalue weighted by atomic mass is 10.2. The van der Waals surface area contributed by atoms with Crippen LogP contribution < -0.4 is 10.6 Å². The Kier molecular flexibility index (Phi) is 7.22. The van der Waals surface area contributed by atoms with Crippen LogP contribution in [0, 0.1) is 5.82 Å². The third kappa shape index (κ3) is 6.21. The van der Waals surface area contributed by atoms with Gasteiger partial charge in [-0.05, 0) is 29.3 Å². The highest BCUT2D eigenvalue weighted by molar-refractivity contribution is 7.99. The first-order chi connectivity index (χ1) is 13.6. The normalized spacial score (nSPS) is 10.5. The fourth-order valence-electron chi connectivity index (χ4n) is 2.34. The highest BCUT2D eigenvalue weighted by atomic mass is 35.5. The van der Waals surface area contributed by atoms with Gasteiger partial charge in [0.1, 0.15) is 23.0 Å². The van der Waals surface area contributed by atoms with E-state index in [9.17, 15) is 9.18 Å². The van der Waals surface area contributed by atoms with Crippen molar-refractivity contribution < 1.29 is 9.18 Å². The molecule has 2 N–H and O–H groups in total. The molecule has 3 rings (SSSR count). The van der Waals surface area contributed by atoms with Gasteiger partial charge in [0.05, 0.1) is 5.75 Å². The molecule has 28 heavy (non-hydrogen) atoms. The molecule has 1 amide bonds. The topological polar surface area (TPSA) is 66.9 Å². The summed E-state index contributed by atoms with van der Waals surface area (Å²) in [5.41, 5.74) is 1.81. The van der Waals surface area contributed by atoms with Crippen LogP contribution >= 0.6 is 23.4 Å². The molecule has 0 fully saturated rings. The lowest BCUT2D eigenvalue weighted by Gasteiger charge is -2.08. The Morgan fingerprint density at radius 2 is 1.86 bits per heavy atom. The molecule has 0 atom stereocenters. The first kappa shape index (κ1) is 20.1. The number of anilines is 1. The zero-order valence-corrected chi connectivity index (χ0v) is 16.4. The fraction of sp³-hybridized carbons (Fsp3) is 0.150. The summed E-state index contributed by atoms with van der Waals surface area (Å²) in [7, 11) is 0. The summed E-state index contributed by atoms with van der Waals surface area (Å²) in [5, 5.41) is 7.38. The molecule has 0 spiro atoms. The van der Waals surface area contributed by atoms with Gasteiger partial charge in [0.15, 0.2) is 0 Å². The quantitative estimate of drug-likeness (QED) is 0.423. The minimum Gasteiger partial charge on any atom is -0.366 e. The maximum absolute atomic E-state index is 12.9. The molecule has 1 heterocycles. The summed E-state index contributed by atoms with van der Waals surface area (Å²) in [6.45, 7) is 0.896. The van der Waals surface area contributed by atoms with Gasteiger partial charge in [0.2, 0.25) is 5.91 Å². The van der Waals surface area contributed by atoms with Crippen molar-refractivity contribution in [1.82, 2.24) is 15.3 Å². The molecule has 2 aromatic carbocycles. The molecule has 0 unspecified atom stereocenters. The van der Waals surface area contributed by atoms with Crippen LogP contribution in [0.15, 0.2) is 66.0 Å². The summed E-state index contributed by atoms with van der Waals surface area (Å²) >= 11 is 7.46. The van der Waals surface area contributed by atoms with E-state index < -0.39 is 0 Å². The number of thioether (sulfide) groups is 1. The number of benzene rings is 2. The first-order valence-electron chi connectivity index (χ1n) is 8.53. The van der Waals surface area contributed by atoms with Gasteiger partial charge in [0.25, 0.3) is 0 Å². The molecule has 0 bridgehead atoms. The molecule has 0 radical (unpaired) electrons. The zero-order valence-electron chi connectivity index (χ0n) is 14.9. The number of hydrogen-bond donors (Lipinski definition) is 2. The third-order valence-corrected chi connectivity index (χ3v) is 5.11. The maximum atomic E-state index is 12.9. The molecular formula is C20H18ClFN4OS. The van der Waals surface area contributed by atoms with E-state index in [-0.39, 0.29) is 17.5 Å². The Morgan fingerprint density at radius 3 is 2.64 bits per heavy atom. The predicted octanol–water partition coefficient (Wildman–Crippen LogP) is 4.29. The van der Waals surface area contributed by atoms with Crippen molar-refractivity contribution in [2.24, 2.45) is 0 Å². The molecule has 1 aromatic heterocycles. The minimum atomic E-state index is -0.298. The minimum absolute atomic E-state index is 0.126. The van der Waals surface area contributed by atoms with Crippen LogP contribution in [-0.4, -0.2) is 21.6 Å². The number of carbonyl (C=O) groups is 1. The van der Waals surface area contributed by atoms with Crippen molar-refractivity contribution in [3.05, 3.63) is 82.9 Å². The number of aromatic nitrogens is 2. The fourth-order valence-corrected chi connectivity index (χ4v) is 3.24. The molecule has 3 aromatic rings. The summed E-state index contributed by atoms with van der Waals surface area (Å²) in [4.78, 5) is 20.4. The van der Waals surface area contributed by atoms with Gasteiger partial charge in [-0.25, -0.2) is 14.4 Å². The van der Waals surface area contributed by atoms with Crippen LogP contribution in [0.1, 0.15) is 11.1 Å². The van der Waals surface area contributed by atoms with Crippen molar-refractivity contribution >= 4 is 35.1 Å². The average molecular weight is 417 g/mol. The van der Waals surface area contributed by atoms with E-state index in [0.29, 0.717) is 29.0 Å². The van der Waals surface area contributed by atoms with Crippen molar-refractivity contribution in [2.45, 2.75) is 18.1 Å². The van der Waals surface area contributed by atoms with Crippen molar-refractivity contribution in [1.29, 1.82) is 0 Å². The van der Waals surface area contributed by atoms with Crippen molar-refractivity contribution in [3.63, 3.8) is 0 Å². The van der Waals surface area contributed by atoms with Crippen LogP contribution in [0.2, 0.25) is 5.02 Å². The number of halogens is 2. The molecule has 0 aliphatic rings. The van der Waals surface area contributed by atoms with Gasteiger partial charge in [-0.3, -0.25) is 4.79 Å². The number of carbonyl (C=O) groups excluding carboxylic acids is 1. The van der Waals surface area contributed by atoms with Crippen LogP contribution in [0.5, 0.6) is 0 Å². The van der Waals surface area contributed by atoms with E-state index in [1.54, 1.807) is 18.2 Å². The Hall–Kier alpha value is -2.64. The van der Waals surface area contributed by atoms with Gasteiger partial charge >= 0.3 is 0 Å². The summed E-state index contributed by atoms with van der Waals surface area (Å²) < 4.78 is 12.9. The Bertz CT molecular complexity index is 939. The molecular weight excluding hydrogens is 399 g/mol. The van der Waals surface area contributed by atoms with E-state index in [1.165, 1.54) is 30.2 Å². The molecule has 0 aliphatic heterocycles. The standard InChI is InChI=1S/C20H18ClFN4OS/c21-17-4-2-1-3-15(17)11-23-18-9-20(26-13-25-18)28-12-19(27)24-10-14-5-7-16(22)8-6-14/h1-9,13H,10-12H2,(H,24,27)(H,23,25,26). The van der Waals surface area contributed by atoms with Crippen molar-refractivity contribution in [2.75, 3.05) is 11.1 Å². The number of nitrogens with one attached hydrogen (secondary N) is 2. The molecule has 0 saturated carbocycles. The lowest BCUT2D eigenvalue weighted by Crippen LogP contribution is -2.24. The van der Waals surface area contributed by atoms with Crippen LogP contribution in [0.4, 0.5) is 10.2 Å². The largest absolute Gasteiger partial charge is 0.366 e. The third-order valence-electron chi connectivity index (χ3n) is 3.81. The van der Waals surface area contributed by atoms with E-state index >= 15 is 0 Å². The summed E-state index contributed by atoms with van der Waals surface area (Å²) in [6.07, 6.45) is 1.45. The highest BCUT2D eigenvalue weighted by Crippen LogP contribution is 2.19. The van der Waals surface area contributed by atoms with E-state index in [0.717, 1.165) is 11.1 Å². The van der Waals surface area contributed by atoms with Gasteiger partial charge in [-0.2, -0.15) is 0 Å². The number of nitrogens with zero attached hydrogens (tertiary/aromatic N) is 2. The second-order valence-corrected chi connectivity index (χ2v) is 7.28. The Morgan fingerprint density at radius 1 is 1.07 bits per heavy atom. The molecule has 5 nitrogen and oxygen atoms in total. The number of hydrogen-bond acceptors (Lipinski definition) is 5. The van der Waals surface area contributed by atoms with Crippen LogP contribution in [0.25, 0.3) is 0 Å². The maximum Gasteiger partial charge on any atom is 0.230 e. The zero-order chi connectivity index (χ0) is 19.8. The van der Waals surface area contributed by atoms with Gasteiger partial charge in [0, 0.05) is 24.2 Å². The lowest BCUT2D eigenvalue weighted by molar-refractivity contribution is -0.118. The SMILES string of the molecule is O=C(CSc1cc(NCc2ccccc2Cl)ncn1)NCc1ccc(F)cc1. The van der Waals surface area contributed by atoms with Gasteiger partial charge in [-0.1, -0.05) is 53.7 Å². The van der Waals surface area contributed by atoms with Crippen LogP contribution in [-0.2, 0) is 17.9 Å². The van der Waals surface area contributed by atoms with Crippen molar-refractivity contribution in [3.8, 4) is 0 Å². The van der Waals surface area contributed by atoms with Gasteiger partial charge < -0.3 is 10.6 Å². The predicted molar refractivity (Wildman–Crippen MR) is 110 cm³/mol. The smallest absolute Gasteiger partial charge is 0.230 e. The second kappa shape index (κ2) is 10.1. The van der Waals surface area contributed by atoms with Crippen LogP contribution in [0.3, 0.4) is 0 Å². The molecule has 8 heteroatoms. The first-order valence-corrected chi connectivity index (χ1v) is 9.90. The highest BCUT2D eigenvalue weighted by Gasteiger charge is 2.06. The monoisotopic (exact) mass is 416 g/mol. The molecule has 144 valence electrons. The van der Waals surface area contributed by atoms with Gasteiger partial charge in [-0.15, -0.1) is 0 Å². The summed E-state index contributed by atoms with van der Waals surface area (Å²) in [5.74, 6) is 0.457. The Balaban J connectivity index is 1.46. The van der Waals surface area contributed by atoms with E-state index in [2.05, 4.69) is 20.6 Å². The molecule has 0 aliphatic carbocycles. The second-order valence-electron chi connectivity index (χ2n) is 5.88. The summed E-state index contributed by atoms with van der Waals surface area (Å²) in [6, 6.07) is 15.4. The van der Waals surface area contributed by atoms with E-state index in [4.69, 9.17) is 11.6 Å². The average Bonchev–Trinajstić information content (AvgIpc) is 2.71. The number of rotatable bonds is 8. The number of amides is 1. The Labute approximate surface area is 171 Å². The molecule has 0 saturated heterocycles. The van der Waals surface area contributed by atoms with E-state index in [1.807, 2.05) is 24.3 Å².